The molecule has 8 heteroatoms. The lowest BCUT2D eigenvalue weighted by Crippen LogP contribution is -2.50. The summed E-state index contributed by atoms with van der Waals surface area (Å²) in [5.41, 5.74) is 5.43. The Morgan fingerprint density at radius 2 is 2.20 bits per heavy atom. The Balaban J connectivity index is 2.51. The van der Waals surface area contributed by atoms with E-state index in [-0.39, 0.29) is 11.9 Å². The summed E-state index contributed by atoms with van der Waals surface area (Å²) >= 11 is 14.3. The normalized spacial score (nSPS) is 11.6. The molecule has 0 radical (unpaired) electrons. The quantitative estimate of drug-likeness (QED) is 0.552. The molecule has 0 spiro atoms. The zero-order chi connectivity index (χ0) is 15.1. The number of thiocarbonyl (C=S) groups is 1. The van der Waals surface area contributed by atoms with Gasteiger partial charge in [0.05, 0.1) is 17.2 Å². The number of hydrazine groups is 1. The molecule has 0 aromatic heterocycles. The Morgan fingerprint density at radius 3 is 2.85 bits per heavy atom. The molecule has 0 heterocycles. The van der Waals surface area contributed by atoms with Gasteiger partial charge in [-0.25, -0.2) is 0 Å². The summed E-state index contributed by atoms with van der Waals surface area (Å²) in [5, 5.41) is 3.61. The molecular formula is C12H15BrClN3O2S. The van der Waals surface area contributed by atoms with E-state index in [2.05, 4.69) is 32.1 Å². The fourth-order valence-electron chi connectivity index (χ4n) is 1.40. The van der Waals surface area contributed by atoms with Gasteiger partial charge in [-0.05, 0) is 37.3 Å². The lowest BCUT2D eigenvalue weighted by molar-refractivity contribution is 0.0943. The molecule has 1 atom stereocenters. The summed E-state index contributed by atoms with van der Waals surface area (Å²) in [6.07, 6.45) is 0. The largest absolute Gasteiger partial charge is 0.383 e. The highest BCUT2D eigenvalue weighted by molar-refractivity contribution is 9.10. The Kier molecular flexibility index (Phi) is 7.22. The van der Waals surface area contributed by atoms with Crippen molar-refractivity contribution in [2.45, 2.75) is 13.0 Å². The van der Waals surface area contributed by atoms with Gasteiger partial charge >= 0.3 is 0 Å². The number of rotatable bonds is 4. The SMILES string of the molecule is COC[C@@H](C)NC(=S)NNC(=O)c1cc(Br)ccc1Cl. The lowest BCUT2D eigenvalue weighted by atomic mass is 10.2. The van der Waals surface area contributed by atoms with Crippen molar-refractivity contribution < 1.29 is 9.53 Å². The molecule has 0 fully saturated rings. The van der Waals surface area contributed by atoms with Crippen LogP contribution in [0.1, 0.15) is 17.3 Å². The highest BCUT2D eigenvalue weighted by atomic mass is 79.9. The standard InChI is InChI=1S/C12H15BrClN3O2S/c1-7(6-19-2)15-12(20)17-16-11(18)9-5-8(13)3-4-10(9)14/h3-5,7H,6H2,1-2H3,(H,16,18)(H2,15,17,20)/t7-/m1/s1. The fourth-order valence-corrected chi connectivity index (χ4v) is 2.22. The molecule has 110 valence electrons. The third-order valence-corrected chi connectivity index (χ3v) is 3.30. The van der Waals surface area contributed by atoms with Crippen molar-refractivity contribution in [2.75, 3.05) is 13.7 Å². The lowest BCUT2D eigenvalue weighted by Gasteiger charge is -2.16. The summed E-state index contributed by atoms with van der Waals surface area (Å²) in [4.78, 5) is 11.9. The minimum atomic E-state index is -0.375. The smallest absolute Gasteiger partial charge is 0.271 e. The van der Waals surface area contributed by atoms with Crippen LogP contribution < -0.4 is 16.2 Å². The average molecular weight is 381 g/mol. The summed E-state index contributed by atoms with van der Waals surface area (Å²) in [7, 11) is 1.60. The van der Waals surface area contributed by atoms with Crippen molar-refractivity contribution in [3.05, 3.63) is 33.3 Å². The van der Waals surface area contributed by atoms with Crippen LogP contribution in [0, 0.1) is 0 Å². The van der Waals surface area contributed by atoms with Crippen molar-refractivity contribution >= 4 is 50.8 Å². The minimum absolute atomic E-state index is 0.0337. The number of amides is 1. The molecule has 0 aliphatic heterocycles. The van der Waals surface area contributed by atoms with E-state index in [0.717, 1.165) is 4.47 Å². The summed E-state index contributed by atoms with van der Waals surface area (Å²) in [6.45, 7) is 2.41. The fraction of sp³-hybridized carbons (Fsp3) is 0.333. The second kappa shape index (κ2) is 8.41. The molecule has 1 rings (SSSR count). The molecular weight excluding hydrogens is 366 g/mol. The molecule has 3 N–H and O–H groups in total. The first-order valence-corrected chi connectivity index (χ1v) is 7.32. The van der Waals surface area contributed by atoms with Gasteiger partial charge in [0.2, 0.25) is 0 Å². The van der Waals surface area contributed by atoms with Crippen LogP contribution in [0.4, 0.5) is 0 Å². The number of methoxy groups -OCH3 is 1. The van der Waals surface area contributed by atoms with Gasteiger partial charge in [0.1, 0.15) is 0 Å². The number of halogens is 2. The minimum Gasteiger partial charge on any atom is -0.383 e. The molecule has 1 aromatic rings. The zero-order valence-electron chi connectivity index (χ0n) is 11.0. The Morgan fingerprint density at radius 1 is 1.50 bits per heavy atom. The van der Waals surface area contributed by atoms with Crippen LogP contribution in [0.3, 0.4) is 0 Å². The van der Waals surface area contributed by atoms with E-state index in [0.29, 0.717) is 22.3 Å². The maximum absolute atomic E-state index is 11.9. The molecule has 0 aliphatic rings. The van der Waals surface area contributed by atoms with Crippen LogP contribution in [0.25, 0.3) is 0 Å². The molecule has 0 saturated carbocycles. The number of nitrogens with one attached hydrogen (secondary N) is 3. The summed E-state index contributed by atoms with van der Waals surface area (Å²) in [6, 6.07) is 5.05. The van der Waals surface area contributed by atoms with Crippen molar-refractivity contribution in [2.24, 2.45) is 0 Å². The second-order valence-corrected chi connectivity index (χ2v) is 5.76. The predicted molar refractivity (Wildman–Crippen MR) is 86.8 cm³/mol. The van der Waals surface area contributed by atoms with Crippen LogP contribution in [0.15, 0.2) is 22.7 Å². The van der Waals surface area contributed by atoms with Gasteiger partial charge in [-0.1, -0.05) is 27.5 Å². The van der Waals surface area contributed by atoms with Crippen LogP contribution in [0.2, 0.25) is 5.02 Å². The number of hydrogen-bond donors (Lipinski definition) is 3. The monoisotopic (exact) mass is 379 g/mol. The first-order valence-electron chi connectivity index (χ1n) is 5.75. The number of ether oxygens (including phenoxy) is 1. The summed E-state index contributed by atoms with van der Waals surface area (Å²) in [5.74, 6) is -0.375. The third-order valence-electron chi connectivity index (χ3n) is 2.26. The highest BCUT2D eigenvalue weighted by Crippen LogP contribution is 2.20. The molecule has 5 nitrogen and oxygen atoms in total. The van der Waals surface area contributed by atoms with Gasteiger partial charge in [0.15, 0.2) is 5.11 Å². The maximum Gasteiger partial charge on any atom is 0.271 e. The molecule has 1 aromatic carbocycles. The van der Waals surface area contributed by atoms with E-state index in [1.807, 2.05) is 6.92 Å². The summed E-state index contributed by atoms with van der Waals surface area (Å²) < 4.78 is 5.73. The van der Waals surface area contributed by atoms with Crippen LogP contribution in [0.5, 0.6) is 0 Å². The Hall–Kier alpha value is -0.890. The average Bonchev–Trinajstić information content (AvgIpc) is 2.39. The van der Waals surface area contributed by atoms with E-state index in [1.165, 1.54) is 0 Å². The van der Waals surface area contributed by atoms with Gasteiger partial charge in [-0.3, -0.25) is 15.6 Å². The van der Waals surface area contributed by atoms with Gasteiger partial charge in [-0.2, -0.15) is 0 Å². The second-order valence-electron chi connectivity index (χ2n) is 4.03. The van der Waals surface area contributed by atoms with Gasteiger partial charge in [0, 0.05) is 17.6 Å². The van der Waals surface area contributed by atoms with Crippen LogP contribution >= 0.6 is 39.7 Å². The first-order chi connectivity index (χ1) is 9.43. The third kappa shape index (κ3) is 5.62. The van der Waals surface area contributed by atoms with Gasteiger partial charge in [0.25, 0.3) is 5.91 Å². The molecule has 0 bridgehead atoms. The zero-order valence-corrected chi connectivity index (χ0v) is 14.2. The van der Waals surface area contributed by atoms with E-state index in [9.17, 15) is 4.79 Å². The van der Waals surface area contributed by atoms with Crippen molar-refractivity contribution in [1.82, 2.24) is 16.2 Å². The van der Waals surface area contributed by atoms with Crippen molar-refractivity contribution in [3.63, 3.8) is 0 Å². The van der Waals surface area contributed by atoms with E-state index in [4.69, 9.17) is 28.6 Å². The topological polar surface area (TPSA) is 62.4 Å². The van der Waals surface area contributed by atoms with Crippen molar-refractivity contribution in [3.8, 4) is 0 Å². The molecule has 0 saturated heterocycles. The number of carbonyl (C=O) groups is 1. The van der Waals surface area contributed by atoms with Crippen LogP contribution in [-0.2, 0) is 4.74 Å². The van der Waals surface area contributed by atoms with Gasteiger partial charge < -0.3 is 10.1 Å². The van der Waals surface area contributed by atoms with E-state index < -0.39 is 0 Å². The van der Waals surface area contributed by atoms with Gasteiger partial charge in [-0.15, -0.1) is 0 Å². The molecule has 1 amide bonds. The van der Waals surface area contributed by atoms with E-state index >= 15 is 0 Å². The highest BCUT2D eigenvalue weighted by Gasteiger charge is 2.11. The number of benzene rings is 1. The number of carbonyl (C=O) groups excluding carboxylic acids is 1. The van der Waals surface area contributed by atoms with Crippen LogP contribution in [-0.4, -0.2) is 30.8 Å². The molecule has 0 aliphatic carbocycles. The number of hydrogen-bond acceptors (Lipinski definition) is 3. The van der Waals surface area contributed by atoms with E-state index in [1.54, 1.807) is 25.3 Å². The molecule has 0 unspecified atom stereocenters. The Labute approximate surface area is 136 Å². The predicted octanol–water partition coefficient (Wildman–Crippen LogP) is 2.25. The molecule has 20 heavy (non-hydrogen) atoms. The van der Waals surface area contributed by atoms with Crippen molar-refractivity contribution in [1.29, 1.82) is 0 Å². The maximum atomic E-state index is 11.9. The first kappa shape index (κ1) is 17.2. The Bertz CT molecular complexity index is 502.